The van der Waals surface area contributed by atoms with Gasteiger partial charge in [-0.25, -0.2) is 13.2 Å². The fourth-order valence-corrected chi connectivity index (χ4v) is 11.4. The Bertz CT molecular complexity index is 2050. The van der Waals surface area contributed by atoms with Gasteiger partial charge in [0.2, 0.25) is 0 Å². The number of rotatable bonds is 8. The van der Waals surface area contributed by atoms with Gasteiger partial charge in [0.05, 0.1) is 13.2 Å². The number of carbonyl (C=O) groups is 2. The highest BCUT2D eigenvalue weighted by atomic mass is 35.5. The van der Waals surface area contributed by atoms with Gasteiger partial charge in [0.1, 0.15) is 15.3 Å². The minimum absolute atomic E-state index is 0.120. The molecule has 6 atom stereocenters. The van der Waals surface area contributed by atoms with Crippen LogP contribution >= 0.6 is 22.9 Å². The third-order valence-corrected chi connectivity index (χ3v) is 14.4. The second-order valence-corrected chi connectivity index (χ2v) is 17.3. The number of benzene rings is 3. The summed E-state index contributed by atoms with van der Waals surface area (Å²) in [6.07, 6.45) is 5.83. The van der Waals surface area contributed by atoms with E-state index < -0.39 is 27.1 Å². The number of hydrogen-bond donors (Lipinski definition) is 2. The summed E-state index contributed by atoms with van der Waals surface area (Å²) in [7, 11) is -3.95. The lowest BCUT2D eigenvalue weighted by Crippen LogP contribution is -2.47. The minimum atomic E-state index is -3.95. The Morgan fingerprint density at radius 3 is 2.00 bits per heavy atom. The van der Waals surface area contributed by atoms with Gasteiger partial charge in [-0.1, -0.05) is 72.3 Å². The van der Waals surface area contributed by atoms with E-state index in [1.54, 1.807) is 31.2 Å². The number of nitrogens with two attached hydrogens (primary N) is 1. The lowest BCUT2D eigenvalue weighted by Gasteiger charge is -2.20. The van der Waals surface area contributed by atoms with Crippen LogP contribution in [0.15, 0.2) is 89.1 Å². The van der Waals surface area contributed by atoms with Crippen LogP contribution in [0.1, 0.15) is 73.6 Å². The molecule has 0 aliphatic heterocycles. The second-order valence-electron chi connectivity index (χ2n) is 13.8. The SMILES string of the molecule is CCOC(=O)C1(N)C2CCCc3ccccc3C21.CCOC(=O)C1(NS(=O)(=O)c2ccc(-c3ccc(Cl)cc3)s2)C2CCCc3ccccc3C21. The number of ether oxygens (including phenoxy) is 2. The smallest absolute Gasteiger partial charge is 0.328 e. The van der Waals surface area contributed by atoms with Gasteiger partial charge in [-0.05, 0) is 116 Å². The first-order chi connectivity index (χ1) is 24.6. The third-order valence-electron chi connectivity index (χ3n) is 11.0. The van der Waals surface area contributed by atoms with Gasteiger partial charge in [-0.2, -0.15) is 4.72 Å². The first kappa shape index (κ1) is 35.8. The topological polar surface area (TPSA) is 125 Å². The first-order valence-electron chi connectivity index (χ1n) is 17.7. The van der Waals surface area contributed by atoms with E-state index in [2.05, 4.69) is 29.0 Å². The number of fused-ring (bicyclic) bond motifs is 6. The Hall–Kier alpha value is -3.54. The summed E-state index contributed by atoms with van der Waals surface area (Å²) in [6, 6.07) is 27.0. The zero-order valence-electron chi connectivity index (χ0n) is 28.8. The van der Waals surface area contributed by atoms with Crippen molar-refractivity contribution < 1.29 is 27.5 Å². The van der Waals surface area contributed by atoms with Gasteiger partial charge in [-0.3, -0.25) is 4.79 Å². The lowest BCUT2D eigenvalue weighted by atomic mass is 9.97. The average Bonchev–Trinajstić information content (AvgIpc) is 3.89. The lowest BCUT2D eigenvalue weighted by molar-refractivity contribution is -0.147. The summed E-state index contributed by atoms with van der Waals surface area (Å²) < 4.78 is 40.6. The molecule has 4 aromatic rings. The Balaban J connectivity index is 0.000000190. The number of hydrogen-bond acceptors (Lipinski definition) is 8. The van der Waals surface area contributed by atoms with Gasteiger partial charge in [-0.15, -0.1) is 11.3 Å². The Labute approximate surface area is 308 Å². The molecule has 1 heterocycles. The molecule has 2 fully saturated rings. The highest BCUT2D eigenvalue weighted by Crippen LogP contribution is 2.63. The van der Waals surface area contributed by atoms with E-state index in [0.29, 0.717) is 11.6 Å². The normalized spacial score (nSPS) is 27.1. The van der Waals surface area contributed by atoms with Crippen LogP contribution in [0.3, 0.4) is 0 Å². The maximum atomic E-state index is 13.5. The zero-order chi connectivity index (χ0) is 36.0. The molecule has 0 bridgehead atoms. The number of thiophene rings is 1. The molecule has 2 saturated carbocycles. The molecule has 268 valence electrons. The number of nitrogens with one attached hydrogen (secondary N) is 1. The summed E-state index contributed by atoms with van der Waals surface area (Å²) in [6.45, 7) is 4.17. The average molecular weight is 747 g/mol. The summed E-state index contributed by atoms with van der Waals surface area (Å²) in [5.74, 6) is -0.631. The van der Waals surface area contributed by atoms with Crippen LogP contribution in [0.25, 0.3) is 10.4 Å². The quantitative estimate of drug-likeness (QED) is 0.180. The van der Waals surface area contributed by atoms with E-state index in [1.807, 2.05) is 43.3 Å². The van der Waals surface area contributed by atoms with E-state index >= 15 is 0 Å². The highest BCUT2D eigenvalue weighted by Gasteiger charge is 2.73. The molecule has 4 aliphatic rings. The minimum Gasteiger partial charge on any atom is -0.465 e. The molecule has 8 rings (SSSR count). The van der Waals surface area contributed by atoms with Gasteiger partial charge in [0.25, 0.3) is 10.0 Å². The largest absolute Gasteiger partial charge is 0.465 e. The Morgan fingerprint density at radius 1 is 0.804 bits per heavy atom. The molecule has 3 N–H and O–H groups in total. The van der Waals surface area contributed by atoms with Gasteiger partial charge in [0, 0.05) is 21.7 Å². The fraction of sp³-hybridized carbons (Fsp3) is 0.400. The van der Waals surface area contributed by atoms with Crippen molar-refractivity contribution in [2.45, 2.75) is 79.5 Å². The predicted molar refractivity (Wildman–Crippen MR) is 199 cm³/mol. The van der Waals surface area contributed by atoms with Crippen LogP contribution in [0, 0.1) is 11.8 Å². The first-order valence-corrected chi connectivity index (χ1v) is 20.4. The monoisotopic (exact) mass is 746 g/mol. The number of aryl methyl sites for hydroxylation is 2. The number of esters is 2. The zero-order valence-corrected chi connectivity index (χ0v) is 31.2. The van der Waals surface area contributed by atoms with Crippen LogP contribution in [0.4, 0.5) is 0 Å². The third kappa shape index (κ3) is 6.44. The van der Waals surface area contributed by atoms with Crippen molar-refractivity contribution in [1.29, 1.82) is 0 Å². The van der Waals surface area contributed by atoms with E-state index in [1.165, 1.54) is 28.0 Å². The molecule has 0 saturated heterocycles. The van der Waals surface area contributed by atoms with Crippen LogP contribution in [0.2, 0.25) is 5.02 Å². The number of carbonyl (C=O) groups excluding carboxylic acids is 2. The molecule has 0 spiro atoms. The Kier molecular flexibility index (Phi) is 9.92. The van der Waals surface area contributed by atoms with Crippen LogP contribution in [0.5, 0.6) is 0 Å². The second kappa shape index (κ2) is 14.1. The van der Waals surface area contributed by atoms with Crippen LogP contribution < -0.4 is 10.5 Å². The highest BCUT2D eigenvalue weighted by molar-refractivity contribution is 7.91. The van der Waals surface area contributed by atoms with Gasteiger partial charge < -0.3 is 15.2 Å². The standard InChI is InChI=1S/C25H24ClNO4S2.C15H19NO2/c1-2-31-24(28)25(20-9-5-7-16-6-3-4-8-19(16)23(20)25)27-33(29,30)22-15-14-21(32-22)17-10-12-18(26)13-11-17;1-2-18-14(17)15(16)12-9-5-7-10-6-3-4-8-11(10)13(12)15/h3-4,6,8,10-15,20,23,27H,2,5,7,9H2,1H3;3-4,6,8,12-13H,2,5,7,9,16H2,1H3. The van der Waals surface area contributed by atoms with Crippen molar-refractivity contribution in [1.82, 2.24) is 4.72 Å². The van der Waals surface area contributed by atoms with Crippen molar-refractivity contribution in [2.24, 2.45) is 17.6 Å². The predicted octanol–water partition coefficient (Wildman–Crippen LogP) is 7.40. The fourth-order valence-electron chi connectivity index (χ4n) is 8.58. The molecule has 0 amide bonds. The molecule has 51 heavy (non-hydrogen) atoms. The molecule has 1 aromatic heterocycles. The van der Waals surface area contributed by atoms with E-state index in [-0.39, 0.29) is 40.5 Å². The molecular formula is C40H43ClN2O6S2. The summed E-state index contributed by atoms with van der Waals surface area (Å²) in [5.41, 5.74) is 10.0. The maximum absolute atomic E-state index is 13.5. The number of sulfonamides is 1. The molecule has 11 heteroatoms. The van der Waals surface area contributed by atoms with E-state index in [9.17, 15) is 18.0 Å². The van der Waals surface area contributed by atoms with Gasteiger partial charge >= 0.3 is 11.9 Å². The van der Waals surface area contributed by atoms with Crippen molar-refractivity contribution in [3.05, 3.63) is 112 Å². The summed E-state index contributed by atoms with van der Waals surface area (Å²) >= 11 is 7.14. The summed E-state index contributed by atoms with van der Waals surface area (Å²) in [4.78, 5) is 26.1. The molecule has 0 radical (unpaired) electrons. The number of halogens is 1. The molecule has 3 aromatic carbocycles. The van der Waals surface area contributed by atoms with Crippen LogP contribution in [-0.4, -0.2) is 44.6 Å². The summed E-state index contributed by atoms with van der Waals surface area (Å²) in [5, 5.41) is 0.619. The Morgan fingerprint density at radius 2 is 1.37 bits per heavy atom. The van der Waals surface area contributed by atoms with E-state index in [4.69, 9.17) is 26.8 Å². The van der Waals surface area contributed by atoms with Crippen molar-refractivity contribution >= 4 is 44.9 Å². The molecular weight excluding hydrogens is 704 g/mol. The van der Waals surface area contributed by atoms with Crippen molar-refractivity contribution in [2.75, 3.05) is 13.2 Å². The molecule has 8 nitrogen and oxygen atoms in total. The van der Waals surface area contributed by atoms with E-state index in [0.717, 1.165) is 54.5 Å². The molecule has 6 unspecified atom stereocenters. The van der Waals surface area contributed by atoms with Gasteiger partial charge in [0.15, 0.2) is 0 Å². The van der Waals surface area contributed by atoms with Crippen molar-refractivity contribution in [3.8, 4) is 10.4 Å². The maximum Gasteiger partial charge on any atom is 0.328 e. The van der Waals surface area contributed by atoms with Crippen molar-refractivity contribution in [3.63, 3.8) is 0 Å². The molecule has 4 aliphatic carbocycles. The van der Waals surface area contributed by atoms with Crippen LogP contribution in [-0.2, 0) is 41.9 Å².